The zero-order valence-corrected chi connectivity index (χ0v) is 17.6. The number of carbonyl (C=O) groups excluding carboxylic acids is 2. The van der Waals surface area contributed by atoms with Crippen LogP contribution in [-0.2, 0) is 19.7 Å². The van der Waals surface area contributed by atoms with Crippen LogP contribution in [0.5, 0.6) is 0 Å². The molecule has 0 aromatic heterocycles. The summed E-state index contributed by atoms with van der Waals surface area (Å²) < 4.78 is 10.3. The first-order chi connectivity index (χ1) is 14.9. The third-order valence-electron chi connectivity index (χ3n) is 8.96. The van der Waals surface area contributed by atoms with E-state index in [0.29, 0.717) is 24.9 Å². The van der Waals surface area contributed by atoms with Gasteiger partial charge in [-0.2, -0.15) is 0 Å². The van der Waals surface area contributed by atoms with Crippen LogP contribution in [0.15, 0.2) is 36.4 Å². The van der Waals surface area contributed by atoms with Gasteiger partial charge in [0.1, 0.15) is 11.6 Å². The lowest BCUT2D eigenvalue weighted by Crippen LogP contribution is -2.90. The maximum Gasteiger partial charge on any atom is 0.414 e. The second-order valence-corrected chi connectivity index (χ2v) is 9.48. The average Bonchev–Trinajstić information content (AvgIpc) is 3.33. The molecule has 1 aromatic rings. The molecule has 3 spiro atoms. The molecule has 2 N–H and O–H groups in total. The fourth-order valence-electron chi connectivity index (χ4n) is 8.21. The number of amides is 1. The minimum atomic E-state index is -2.32. The van der Waals surface area contributed by atoms with Gasteiger partial charge in [0.25, 0.3) is 0 Å². The summed E-state index contributed by atoms with van der Waals surface area (Å²) >= 11 is 0. The van der Waals surface area contributed by atoms with E-state index in [2.05, 4.69) is 4.90 Å². The lowest BCUT2D eigenvalue weighted by molar-refractivity contribution is -0.262. The maximum absolute atomic E-state index is 13.3. The molecule has 2 bridgehead atoms. The lowest BCUT2D eigenvalue weighted by atomic mass is 9.37. The number of anilines is 1. The zero-order chi connectivity index (χ0) is 21.8. The SMILES string of the molecule is COC(=O)N1c2ccccc2[C@@]23CCN4CC=C[C@]5(CC[C@@]12C(O)(C(=O)OC)C5O)[C@H]43. The molecule has 6 aliphatic rings. The van der Waals surface area contributed by atoms with Crippen LogP contribution in [0.3, 0.4) is 0 Å². The number of methoxy groups -OCH3 is 2. The Morgan fingerprint density at radius 1 is 1.13 bits per heavy atom. The Labute approximate surface area is 180 Å². The quantitative estimate of drug-likeness (QED) is 0.510. The van der Waals surface area contributed by atoms with Gasteiger partial charge in [-0.1, -0.05) is 30.4 Å². The third kappa shape index (κ3) is 1.65. The molecule has 164 valence electrons. The van der Waals surface area contributed by atoms with Crippen LogP contribution in [0.25, 0.3) is 0 Å². The first kappa shape index (κ1) is 19.3. The summed E-state index contributed by atoms with van der Waals surface area (Å²) in [5.41, 5.74) is -3.77. The van der Waals surface area contributed by atoms with E-state index >= 15 is 0 Å². The Morgan fingerprint density at radius 3 is 2.65 bits per heavy atom. The van der Waals surface area contributed by atoms with Crippen molar-refractivity contribution >= 4 is 17.7 Å². The maximum atomic E-state index is 13.3. The first-order valence-electron chi connectivity index (χ1n) is 10.7. The van der Waals surface area contributed by atoms with Crippen LogP contribution in [0.4, 0.5) is 10.5 Å². The number of esters is 1. The van der Waals surface area contributed by atoms with Crippen molar-refractivity contribution in [1.29, 1.82) is 0 Å². The summed E-state index contributed by atoms with van der Waals surface area (Å²) in [5.74, 6) is -0.920. The van der Waals surface area contributed by atoms with E-state index in [4.69, 9.17) is 9.47 Å². The number of aliphatic hydroxyl groups excluding tert-OH is 1. The fraction of sp³-hybridized carbons (Fsp3) is 0.565. The van der Waals surface area contributed by atoms with Crippen molar-refractivity contribution in [2.45, 2.75) is 48.0 Å². The molecule has 8 nitrogen and oxygen atoms in total. The van der Waals surface area contributed by atoms with Crippen molar-refractivity contribution in [3.05, 3.63) is 42.0 Å². The van der Waals surface area contributed by atoms with Crippen LogP contribution in [0.2, 0.25) is 0 Å². The van der Waals surface area contributed by atoms with Crippen molar-refractivity contribution in [2.75, 3.05) is 32.2 Å². The number of para-hydroxylation sites is 1. The van der Waals surface area contributed by atoms with Crippen molar-refractivity contribution in [3.63, 3.8) is 0 Å². The predicted octanol–water partition coefficient (Wildman–Crippen LogP) is 0.952. The third-order valence-corrected chi connectivity index (χ3v) is 8.96. The molecule has 0 radical (unpaired) electrons. The number of ether oxygens (including phenoxy) is 2. The average molecular weight is 426 g/mol. The van der Waals surface area contributed by atoms with Gasteiger partial charge in [0.15, 0.2) is 0 Å². The van der Waals surface area contributed by atoms with E-state index in [1.165, 1.54) is 19.1 Å². The molecule has 3 aliphatic carbocycles. The Morgan fingerprint density at radius 2 is 1.90 bits per heavy atom. The summed E-state index contributed by atoms with van der Waals surface area (Å²) in [6.07, 6.45) is 3.45. The molecule has 7 rings (SSSR count). The monoisotopic (exact) mass is 426 g/mol. The molecule has 4 fully saturated rings. The van der Waals surface area contributed by atoms with Crippen molar-refractivity contribution in [2.24, 2.45) is 5.41 Å². The van der Waals surface area contributed by atoms with Gasteiger partial charge in [0, 0.05) is 23.4 Å². The number of fused-ring (bicyclic) bond motifs is 3. The highest BCUT2D eigenvalue weighted by Gasteiger charge is 2.89. The van der Waals surface area contributed by atoms with Gasteiger partial charge in [-0.3, -0.25) is 9.80 Å². The number of carbonyl (C=O) groups is 2. The number of rotatable bonds is 1. The molecule has 6 atom stereocenters. The number of aliphatic hydroxyl groups is 2. The van der Waals surface area contributed by atoms with E-state index in [-0.39, 0.29) is 6.04 Å². The molecular weight excluding hydrogens is 400 g/mol. The van der Waals surface area contributed by atoms with E-state index < -0.39 is 40.1 Å². The highest BCUT2D eigenvalue weighted by atomic mass is 16.6. The van der Waals surface area contributed by atoms with E-state index in [1.807, 2.05) is 36.4 Å². The Hall–Kier alpha value is -2.42. The summed E-state index contributed by atoms with van der Waals surface area (Å²) in [6, 6.07) is 7.42. The topological polar surface area (TPSA) is 99.5 Å². The fourth-order valence-corrected chi connectivity index (χ4v) is 8.21. The van der Waals surface area contributed by atoms with Crippen LogP contribution in [0.1, 0.15) is 24.8 Å². The first-order valence-corrected chi connectivity index (χ1v) is 10.7. The van der Waals surface area contributed by atoms with Gasteiger partial charge in [0.05, 0.1) is 19.9 Å². The normalized spacial score (nSPS) is 43.9. The Kier molecular flexibility index (Phi) is 3.53. The number of nitrogens with zero attached hydrogens (tertiary/aromatic N) is 2. The molecule has 3 aliphatic heterocycles. The van der Waals surface area contributed by atoms with Crippen LogP contribution < -0.4 is 4.90 Å². The zero-order valence-electron chi connectivity index (χ0n) is 17.6. The van der Waals surface area contributed by atoms with Gasteiger partial charge in [0.2, 0.25) is 5.60 Å². The number of hydrogen-bond acceptors (Lipinski definition) is 7. The molecule has 31 heavy (non-hydrogen) atoms. The van der Waals surface area contributed by atoms with Crippen LogP contribution in [0, 0.1) is 5.41 Å². The van der Waals surface area contributed by atoms with Gasteiger partial charge in [-0.25, -0.2) is 9.59 Å². The minimum absolute atomic E-state index is 0.158. The molecule has 8 heteroatoms. The molecule has 3 heterocycles. The highest BCUT2D eigenvalue weighted by Crippen LogP contribution is 2.76. The predicted molar refractivity (Wildman–Crippen MR) is 109 cm³/mol. The lowest BCUT2D eigenvalue weighted by Gasteiger charge is -2.72. The molecule has 3 saturated carbocycles. The second-order valence-electron chi connectivity index (χ2n) is 9.48. The minimum Gasteiger partial charge on any atom is -0.467 e. The number of benzene rings is 1. The molecule has 1 saturated heterocycles. The van der Waals surface area contributed by atoms with E-state index in [9.17, 15) is 19.8 Å². The van der Waals surface area contributed by atoms with E-state index in [1.54, 1.807) is 0 Å². The summed E-state index contributed by atoms with van der Waals surface area (Å²) in [6.45, 7) is 1.47. The van der Waals surface area contributed by atoms with Gasteiger partial charge in [-0.15, -0.1) is 0 Å². The van der Waals surface area contributed by atoms with Crippen LogP contribution in [-0.4, -0.2) is 77.8 Å². The van der Waals surface area contributed by atoms with Gasteiger partial charge < -0.3 is 19.7 Å². The second kappa shape index (κ2) is 5.68. The molecule has 1 amide bonds. The van der Waals surface area contributed by atoms with Crippen molar-refractivity contribution in [3.8, 4) is 0 Å². The van der Waals surface area contributed by atoms with Gasteiger partial charge in [-0.05, 0) is 37.4 Å². The molecule has 1 aromatic carbocycles. The Bertz CT molecular complexity index is 1040. The van der Waals surface area contributed by atoms with E-state index in [0.717, 1.165) is 18.7 Å². The number of hydrogen-bond donors (Lipinski definition) is 2. The molecule has 2 unspecified atom stereocenters. The summed E-state index contributed by atoms with van der Waals surface area (Å²) in [5, 5.41) is 24.0. The largest absolute Gasteiger partial charge is 0.467 e. The van der Waals surface area contributed by atoms with Crippen LogP contribution >= 0.6 is 0 Å². The van der Waals surface area contributed by atoms with Gasteiger partial charge >= 0.3 is 12.1 Å². The highest BCUT2D eigenvalue weighted by molar-refractivity contribution is 5.99. The standard InChI is InChI=1S/C23H26N2O6/c1-30-18(27)23(29)17(26)20-8-5-12-24-13-11-21(16(20)24)14-6-3-4-7-15(14)25(19(28)31-2)22(21,23)10-9-20/h3-8,16-17,26,29H,9-13H2,1-2H3/t16-,17?,20-,21+,22+,23?/m0/s1. The summed E-state index contributed by atoms with van der Waals surface area (Å²) in [4.78, 5) is 30.4. The van der Waals surface area contributed by atoms with Crippen molar-refractivity contribution in [1.82, 2.24) is 4.90 Å². The molecular formula is C23H26N2O6. The smallest absolute Gasteiger partial charge is 0.414 e. The van der Waals surface area contributed by atoms with Crippen molar-refractivity contribution < 1.29 is 29.3 Å². The summed E-state index contributed by atoms with van der Waals surface area (Å²) in [7, 11) is 2.50. The Balaban J connectivity index is 1.77.